The normalized spacial score (nSPS) is 23.7. The molecule has 1 fully saturated rings. The lowest BCUT2D eigenvalue weighted by Crippen LogP contribution is -2.21. The van der Waals surface area contributed by atoms with Crippen molar-refractivity contribution < 1.29 is 4.74 Å². The van der Waals surface area contributed by atoms with Crippen molar-refractivity contribution in [1.29, 1.82) is 0 Å². The quantitative estimate of drug-likeness (QED) is 0.862. The lowest BCUT2D eigenvalue weighted by atomic mass is 9.82. The topological polar surface area (TPSA) is 34.1 Å². The first-order valence-corrected chi connectivity index (χ1v) is 7.11. The second kappa shape index (κ2) is 6.62. The number of hydrogen-bond donors (Lipinski definition) is 1. The summed E-state index contributed by atoms with van der Waals surface area (Å²) in [5.74, 6) is 2.40. The third kappa shape index (κ3) is 3.62. The Hall–Kier alpha value is -1.25. The van der Waals surface area contributed by atoms with E-state index in [1.54, 1.807) is 6.20 Å². The fourth-order valence-electron chi connectivity index (χ4n) is 2.78. The van der Waals surface area contributed by atoms with E-state index in [9.17, 15) is 0 Å². The zero-order chi connectivity index (χ0) is 12.8. The molecular weight excluding hydrogens is 224 g/mol. The minimum atomic E-state index is 0.659. The molecule has 1 heterocycles. The number of hydrogen-bond acceptors (Lipinski definition) is 3. The van der Waals surface area contributed by atoms with Crippen LogP contribution in [0.3, 0.4) is 0 Å². The molecule has 3 heteroatoms. The largest absolute Gasteiger partial charge is 0.476 e. The van der Waals surface area contributed by atoms with E-state index in [2.05, 4.69) is 17.2 Å². The first kappa shape index (κ1) is 13.2. The molecule has 0 amide bonds. The van der Waals surface area contributed by atoms with Gasteiger partial charge in [-0.25, -0.2) is 4.98 Å². The van der Waals surface area contributed by atoms with Crippen molar-refractivity contribution in [3.05, 3.63) is 18.3 Å². The van der Waals surface area contributed by atoms with Crippen LogP contribution in [0.4, 0.5) is 5.69 Å². The molecule has 3 nitrogen and oxygen atoms in total. The number of anilines is 1. The van der Waals surface area contributed by atoms with E-state index >= 15 is 0 Å². The predicted molar refractivity (Wildman–Crippen MR) is 75.0 cm³/mol. The van der Waals surface area contributed by atoms with Crippen LogP contribution in [-0.4, -0.2) is 18.1 Å². The van der Waals surface area contributed by atoms with E-state index < -0.39 is 0 Å². The molecule has 1 aromatic heterocycles. The first-order chi connectivity index (χ1) is 8.79. The van der Waals surface area contributed by atoms with Gasteiger partial charge in [-0.2, -0.15) is 0 Å². The van der Waals surface area contributed by atoms with Crippen molar-refractivity contribution in [2.75, 3.05) is 18.5 Å². The third-order valence-electron chi connectivity index (χ3n) is 3.68. The maximum atomic E-state index is 5.52. The summed E-state index contributed by atoms with van der Waals surface area (Å²) >= 11 is 0. The highest BCUT2D eigenvalue weighted by Crippen LogP contribution is 2.29. The Morgan fingerprint density at radius 1 is 1.44 bits per heavy atom. The first-order valence-electron chi connectivity index (χ1n) is 7.11. The molecule has 1 aromatic rings. The highest BCUT2D eigenvalue weighted by Gasteiger charge is 2.18. The van der Waals surface area contributed by atoms with Gasteiger partial charge in [0.15, 0.2) is 0 Å². The zero-order valence-electron chi connectivity index (χ0n) is 11.5. The minimum Gasteiger partial charge on any atom is -0.476 e. The van der Waals surface area contributed by atoms with Crippen molar-refractivity contribution in [2.24, 2.45) is 11.8 Å². The Morgan fingerprint density at radius 2 is 2.33 bits per heavy atom. The van der Waals surface area contributed by atoms with Gasteiger partial charge in [-0.3, -0.25) is 0 Å². The Kier molecular flexibility index (Phi) is 4.85. The van der Waals surface area contributed by atoms with Crippen LogP contribution in [0.1, 0.15) is 39.5 Å². The summed E-state index contributed by atoms with van der Waals surface area (Å²) in [6, 6.07) is 4.00. The van der Waals surface area contributed by atoms with Crippen LogP contribution in [0, 0.1) is 11.8 Å². The molecule has 0 saturated heterocycles. The highest BCUT2D eigenvalue weighted by molar-refractivity contribution is 5.51. The zero-order valence-corrected chi connectivity index (χ0v) is 11.5. The van der Waals surface area contributed by atoms with Crippen LogP contribution in [0.2, 0.25) is 0 Å². The van der Waals surface area contributed by atoms with Gasteiger partial charge in [0.1, 0.15) is 0 Å². The van der Waals surface area contributed by atoms with Crippen molar-refractivity contribution in [3.63, 3.8) is 0 Å². The van der Waals surface area contributed by atoms with Gasteiger partial charge < -0.3 is 10.1 Å². The number of aromatic nitrogens is 1. The maximum Gasteiger partial charge on any atom is 0.237 e. The molecule has 0 spiro atoms. The van der Waals surface area contributed by atoms with Crippen LogP contribution in [0.5, 0.6) is 5.88 Å². The molecule has 1 saturated carbocycles. The standard InChI is InChI=1S/C15H24N2O/c1-3-18-15-14(8-5-9-16-15)17-11-13-7-4-6-12(2)10-13/h5,8-9,12-13,17H,3-4,6-7,10-11H2,1-2H3. The van der Waals surface area contributed by atoms with Crippen molar-refractivity contribution in [2.45, 2.75) is 39.5 Å². The van der Waals surface area contributed by atoms with E-state index in [1.807, 2.05) is 19.1 Å². The molecule has 0 bridgehead atoms. The van der Waals surface area contributed by atoms with Crippen LogP contribution < -0.4 is 10.1 Å². The fraction of sp³-hybridized carbons (Fsp3) is 0.667. The Labute approximate surface area is 110 Å². The van der Waals surface area contributed by atoms with Gasteiger partial charge in [0.05, 0.1) is 12.3 Å². The van der Waals surface area contributed by atoms with E-state index in [0.717, 1.165) is 29.9 Å². The van der Waals surface area contributed by atoms with Crippen LogP contribution in [-0.2, 0) is 0 Å². The van der Waals surface area contributed by atoms with E-state index in [0.29, 0.717) is 6.61 Å². The summed E-state index contributed by atoms with van der Waals surface area (Å²) in [4.78, 5) is 4.26. The monoisotopic (exact) mass is 248 g/mol. The van der Waals surface area contributed by atoms with E-state index in [4.69, 9.17) is 4.74 Å². The summed E-state index contributed by atoms with van der Waals surface area (Å²) in [7, 11) is 0. The number of ether oxygens (including phenoxy) is 1. The van der Waals surface area contributed by atoms with Gasteiger partial charge in [-0.15, -0.1) is 0 Å². The van der Waals surface area contributed by atoms with Gasteiger partial charge in [-0.1, -0.05) is 19.8 Å². The average Bonchev–Trinajstić information content (AvgIpc) is 2.38. The summed E-state index contributed by atoms with van der Waals surface area (Å²) in [5, 5.41) is 3.50. The molecule has 1 aliphatic carbocycles. The maximum absolute atomic E-state index is 5.52. The lowest BCUT2D eigenvalue weighted by Gasteiger charge is -2.27. The molecule has 2 atom stereocenters. The van der Waals surface area contributed by atoms with Crippen LogP contribution in [0.15, 0.2) is 18.3 Å². The smallest absolute Gasteiger partial charge is 0.237 e. The Bertz CT molecular complexity index is 367. The molecular formula is C15H24N2O. The summed E-state index contributed by atoms with van der Waals surface area (Å²) in [5.41, 5.74) is 1.03. The number of pyridine rings is 1. The average molecular weight is 248 g/mol. The highest BCUT2D eigenvalue weighted by atomic mass is 16.5. The van der Waals surface area contributed by atoms with Crippen LogP contribution >= 0.6 is 0 Å². The second-order valence-corrected chi connectivity index (χ2v) is 5.31. The fourth-order valence-corrected chi connectivity index (χ4v) is 2.78. The van der Waals surface area contributed by atoms with Crippen molar-refractivity contribution in [1.82, 2.24) is 4.98 Å². The molecule has 1 aliphatic rings. The van der Waals surface area contributed by atoms with Gasteiger partial charge in [0, 0.05) is 12.7 Å². The van der Waals surface area contributed by atoms with Gasteiger partial charge >= 0.3 is 0 Å². The molecule has 1 N–H and O–H groups in total. The SMILES string of the molecule is CCOc1ncccc1NCC1CCCC(C)C1. The summed E-state index contributed by atoms with van der Waals surface area (Å²) < 4.78 is 5.52. The number of rotatable bonds is 5. The molecule has 0 aliphatic heterocycles. The van der Waals surface area contributed by atoms with E-state index in [1.165, 1.54) is 25.7 Å². The van der Waals surface area contributed by atoms with Gasteiger partial charge in [-0.05, 0) is 43.7 Å². The molecule has 0 radical (unpaired) electrons. The van der Waals surface area contributed by atoms with Crippen molar-refractivity contribution in [3.8, 4) is 5.88 Å². The lowest BCUT2D eigenvalue weighted by molar-refractivity contribution is 0.292. The summed E-state index contributed by atoms with van der Waals surface area (Å²) in [6.07, 6.45) is 7.24. The summed E-state index contributed by atoms with van der Waals surface area (Å²) in [6.45, 7) is 6.05. The van der Waals surface area contributed by atoms with Crippen LogP contribution in [0.25, 0.3) is 0 Å². The van der Waals surface area contributed by atoms with Crippen molar-refractivity contribution >= 4 is 5.69 Å². The Morgan fingerprint density at radius 3 is 3.11 bits per heavy atom. The van der Waals surface area contributed by atoms with E-state index in [-0.39, 0.29) is 0 Å². The Balaban J connectivity index is 1.89. The number of nitrogens with zero attached hydrogens (tertiary/aromatic N) is 1. The van der Waals surface area contributed by atoms with Gasteiger partial charge in [0.25, 0.3) is 0 Å². The molecule has 0 aromatic carbocycles. The predicted octanol–water partition coefficient (Wildman–Crippen LogP) is 3.72. The molecule has 2 rings (SSSR count). The number of nitrogens with one attached hydrogen (secondary N) is 1. The molecule has 2 unspecified atom stereocenters. The minimum absolute atomic E-state index is 0.659. The molecule has 18 heavy (non-hydrogen) atoms. The van der Waals surface area contributed by atoms with Gasteiger partial charge in [0.2, 0.25) is 5.88 Å². The molecule has 100 valence electrons. The third-order valence-corrected chi connectivity index (χ3v) is 3.68. The second-order valence-electron chi connectivity index (χ2n) is 5.31.